The van der Waals surface area contributed by atoms with Crippen LogP contribution >= 0.6 is 0 Å². The van der Waals surface area contributed by atoms with E-state index in [4.69, 9.17) is 5.73 Å². The van der Waals surface area contributed by atoms with Gasteiger partial charge in [-0.05, 0) is 48.9 Å². The molecule has 100 valence electrons. The van der Waals surface area contributed by atoms with Gasteiger partial charge in [0.15, 0.2) is 0 Å². The highest BCUT2D eigenvalue weighted by molar-refractivity contribution is 5.58. The molecular formula is C16H26N2. The van der Waals surface area contributed by atoms with Crippen LogP contribution in [0, 0.1) is 12.3 Å². The van der Waals surface area contributed by atoms with Gasteiger partial charge in [-0.1, -0.05) is 26.7 Å². The second-order valence-corrected chi connectivity index (χ2v) is 5.74. The van der Waals surface area contributed by atoms with Gasteiger partial charge in [-0.15, -0.1) is 0 Å². The van der Waals surface area contributed by atoms with Crippen molar-refractivity contribution in [2.45, 2.75) is 46.5 Å². The summed E-state index contributed by atoms with van der Waals surface area (Å²) in [6.07, 6.45) is 5.28. The summed E-state index contributed by atoms with van der Waals surface area (Å²) in [6.45, 7) is 9.14. The molecule has 1 aromatic rings. The van der Waals surface area contributed by atoms with Gasteiger partial charge < -0.3 is 10.6 Å². The molecule has 0 spiro atoms. The summed E-state index contributed by atoms with van der Waals surface area (Å²) < 4.78 is 0. The van der Waals surface area contributed by atoms with E-state index < -0.39 is 0 Å². The third kappa shape index (κ3) is 2.47. The van der Waals surface area contributed by atoms with E-state index in [0.717, 1.165) is 5.69 Å². The van der Waals surface area contributed by atoms with E-state index in [1.807, 2.05) is 6.07 Å². The fraction of sp³-hybridized carbons (Fsp3) is 0.625. The number of benzene rings is 1. The summed E-state index contributed by atoms with van der Waals surface area (Å²) in [5.74, 6) is 0. The average molecular weight is 246 g/mol. The molecule has 2 nitrogen and oxygen atoms in total. The first-order valence-corrected chi connectivity index (χ1v) is 7.21. The first-order chi connectivity index (χ1) is 8.60. The minimum atomic E-state index is 0.597. The second-order valence-electron chi connectivity index (χ2n) is 5.74. The molecule has 0 aromatic heterocycles. The van der Waals surface area contributed by atoms with Crippen molar-refractivity contribution in [2.75, 3.05) is 23.7 Å². The van der Waals surface area contributed by atoms with Gasteiger partial charge in [0.05, 0.1) is 0 Å². The molecule has 2 N–H and O–H groups in total. The number of piperidine rings is 1. The first kappa shape index (κ1) is 13.3. The Hall–Kier alpha value is -1.18. The summed E-state index contributed by atoms with van der Waals surface area (Å²) in [6, 6.07) is 6.42. The van der Waals surface area contributed by atoms with Crippen LogP contribution in [0.5, 0.6) is 0 Å². The highest BCUT2D eigenvalue weighted by atomic mass is 15.1. The van der Waals surface area contributed by atoms with E-state index in [9.17, 15) is 0 Å². The van der Waals surface area contributed by atoms with Crippen LogP contribution in [0.2, 0.25) is 0 Å². The molecule has 0 amide bonds. The maximum atomic E-state index is 5.89. The van der Waals surface area contributed by atoms with Gasteiger partial charge in [-0.2, -0.15) is 0 Å². The predicted molar refractivity (Wildman–Crippen MR) is 80.1 cm³/mol. The van der Waals surface area contributed by atoms with Crippen molar-refractivity contribution >= 4 is 11.4 Å². The SMILES string of the molecule is CCC1(CC)CCN(c2ccc(N)c(C)c2)CC1. The van der Waals surface area contributed by atoms with E-state index in [1.54, 1.807) is 0 Å². The lowest BCUT2D eigenvalue weighted by molar-refractivity contribution is 0.199. The molecule has 2 rings (SSSR count). The number of nitrogens with zero attached hydrogens (tertiary/aromatic N) is 1. The Bertz CT molecular complexity index is 398. The zero-order valence-corrected chi connectivity index (χ0v) is 12.0. The van der Waals surface area contributed by atoms with Crippen LogP contribution in [-0.2, 0) is 0 Å². The van der Waals surface area contributed by atoms with Gasteiger partial charge in [0, 0.05) is 24.5 Å². The lowest BCUT2D eigenvalue weighted by atomic mass is 9.74. The zero-order chi connectivity index (χ0) is 13.2. The molecule has 0 unspecified atom stereocenters. The monoisotopic (exact) mass is 246 g/mol. The zero-order valence-electron chi connectivity index (χ0n) is 12.0. The standard InChI is InChI=1S/C16H26N2/c1-4-16(5-2)8-10-18(11-9-16)14-6-7-15(17)13(3)12-14/h6-7,12H,4-5,8-11,17H2,1-3H3. The molecule has 2 heteroatoms. The molecule has 1 aliphatic heterocycles. The van der Waals surface area contributed by atoms with Crippen molar-refractivity contribution < 1.29 is 0 Å². The highest BCUT2D eigenvalue weighted by Gasteiger charge is 2.31. The van der Waals surface area contributed by atoms with Crippen molar-refractivity contribution in [3.05, 3.63) is 23.8 Å². The normalized spacial score (nSPS) is 18.9. The summed E-state index contributed by atoms with van der Waals surface area (Å²) in [5, 5.41) is 0. The first-order valence-electron chi connectivity index (χ1n) is 7.21. The minimum Gasteiger partial charge on any atom is -0.399 e. The molecule has 18 heavy (non-hydrogen) atoms. The molecule has 0 atom stereocenters. The molecule has 1 heterocycles. The maximum absolute atomic E-state index is 5.89. The Labute approximate surface area is 111 Å². The number of hydrogen-bond acceptors (Lipinski definition) is 2. The summed E-state index contributed by atoms with van der Waals surface area (Å²) in [5.41, 5.74) is 9.90. The van der Waals surface area contributed by atoms with Crippen molar-refractivity contribution in [2.24, 2.45) is 5.41 Å². The third-order valence-corrected chi connectivity index (χ3v) is 4.94. The Morgan fingerprint density at radius 1 is 1.17 bits per heavy atom. The Kier molecular flexibility index (Phi) is 3.84. The minimum absolute atomic E-state index is 0.597. The number of anilines is 2. The smallest absolute Gasteiger partial charge is 0.0370 e. The van der Waals surface area contributed by atoms with Gasteiger partial charge in [0.2, 0.25) is 0 Å². The number of nitrogens with two attached hydrogens (primary N) is 1. The Morgan fingerprint density at radius 3 is 2.28 bits per heavy atom. The molecule has 0 radical (unpaired) electrons. The molecule has 1 fully saturated rings. The maximum Gasteiger partial charge on any atom is 0.0370 e. The Morgan fingerprint density at radius 2 is 1.78 bits per heavy atom. The van der Waals surface area contributed by atoms with E-state index in [2.05, 4.69) is 37.8 Å². The van der Waals surface area contributed by atoms with Crippen LogP contribution in [0.25, 0.3) is 0 Å². The van der Waals surface area contributed by atoms with Crippen LogP contribution in [0.15, 0.2) is 18.2 Å². The topological polar surface area (TPSA) is 29.3 Å². The second kappa shape index (κ2) is 5.21. The predicted octanol–water partition coefficient (Wildman–Crippen LogP) is 3.98. The molecule has 0 aliphatic carbocycles. The van der Waals surface area contributed by atoms with Crippen LogP contribution < -0.4 is 10.6 Å². The number of rotatable bonds is 3. The van der Waals surface area contributed by atoms with Crippen LogP contribution in [0.1, 0.15) is 45.1 Å². The number of nitrogen functional groups attached to an aromatic ring is 1. The van der Waals surface area contributed by atoms with Gasteiger partial charge in [-0.3, -0.25) is 0 Å². The largest absolute Gasteiger partial charge is 0.399 e. The number of aryl methyl sites for hydroxylation is 1. The fourth-order valence-electron chi connectivity index (χ4n) is 3.05. The molecular weight excluding hydrogens is 220 g/mol. The van der Waals surface area contributed by atoms with E-state index in [-0.39, 0.29) is 0 Å². The molecule has 1 aromatic carbocycles. The lowest BCUT2D eigenvalue weighted by Gasteiger charge is -2.42. The lowest BCUT2D eigenvalue weighted by Crippen LogP contribution is -2.39. The van der Waals surface area contributed by atoms with Gasteiger partial charge in [0.25, 0.3) is 0 Å². The van der Waals surface area contributed by atoms with E-state index >= 15 is 0 Å². The third-order valence-electron chi connectivity index (χ3n) is 4.94. The van der Waals surface area contributed by atoms with Crippen LogP contribution in [-0.4, -0.2) is 13.1 Å². The van der Waals surface area contributed by atoms with Crippen LogP contribution in [0.4, 0.5) is 11.4 Å². The van der Waals surface area contributed by atoms with Crippen molar-refractivity contribution in [3.63, 3.8) is 0 Å². The van der Waals surface area contributed by atoms with Gasteiger partial charge in [-0.25, -0.2) is 0 Å². The van der Waals surface area contributed by atoms with Gasteiger partial charge in [0.1, 0.15) is 0 Å². The molecule has 1 saturated heterocycles. The average Bonchev–Trinajstić information content (AvgIpc) is 2.42. The van der Waals surface area contributed by atoms with Crippen LogP contribution in [0.3, 0.4) is 0 Å². The summed E-state index contributed by atoms with van der Waals surface area (Å²) in [7, 11) is 0. The van der Waals surface area contributed by atoms with E-state index in [0.29, 0.717) is 5.41 Å². The molecule has 0 bridgehead atoms. The Balaban J connectivity index is 2.07. The summed E-state index contributed by atoms with van der Waals surface area (Å²) in [4.78, 5) is 2.51. The van der Waals surface area contributed by atoms with Crippen molar-refractivity contribution in [1.29, 1.82) is 0 Å². The van der Waals surface area contributed by atoms with E-state index in [1.165, 1.54) is 50.0 Å². The van der Waals surface area contributed by atoms with Crippen molar-refractivity contribution in [1.82, 2.24) is 0 Å². The molecule has 0 saturated carbocycles. The quantitative estimate of drug-likeness (QED) is 0.817. The number of hydrogen-bond donors (Lipinski definition) is 1. The van der Waals surface area contributed by atoms with Gasteiger partial charge >= 0.3 is 0 Å². The highest BCUT2D eigenvalue weighted by Crippen LogP contribution is 2.39. The van der Waals surface area contributed by atoms with Crippen molar-refractivity contribution in [3.8, 4) is 0 Å². The molecule has 1 aliphatic rings. The fourth-order valence-corrected chi connectivity index (χ4v) is 3.05. The summed E-state index contributed by atoms with van der Waals surface area (Å²) >= 11 is 0.